The van der Waals surface area contributed by atoms with Crippen molar-refractivity contribution in [3.8, 4) is 0 Å². The molecule has 0 saturated carbocycles. The lowest BCUT2D eigenvalue weighted by Gasteiger charge is -2.09. The van der Waals surface area contributed by atoms with E-state index in [2.05, 4.69) is 0 Å². The van der Waals surface area contributed by atoms with Crippen LogP contribution in [0.15, 0.2) is 24.3 Å². The minimum Gasteiger partial charge on any atom is -0.330 e. The normalized spacial score (nSPS) is 12.4. The number of carbonyl (C=O) groups excluding carboxylic acids is 1. The topological polar surface area (TPSA) is 43.1 Å². The van der Waals surface area contributed by atoms with Gasteiger partial charge in [-0.1, -0.05) is 19.1 Å². The quantitative estimate of drug-likeness (QED) is 0.804. The molecule has 1 atom stereocenters. The maximum Gasteiger partial charge on any atom is 0.140 e. The molecule has 2 N–H and O–H groups in total. The molecule has 1 rings (SSSR count). The van der Waals surface area contributed by atoms with Gasteiger partial charge in [0.05, 0.1) is 0 Å². The summed E-state index contributed by atoms with van der Waals surface area (Å²) in [5, 5.41) is 0. The molecule has 0 amide bonds. The summed E-state index contributed by atoms with van der Waals surface area (Å²) in [6.07, 6.45) is 1.98. The number of carbonyl (C=O) groups is 1. The number of nitrogens with two attached hydrogens (primary N) is 1. The van der Waals surface area contributed by atoms with Crippen LogP contribution in [0.25, 0.3) is 0 Å². The zero-order valence-corrected chi connectivity index (χ0v) is 9.58. The zero-order chi connectivity index (χ0) is 12.0. The van der Waals surface area contributed by atoms with E-state index in [9.17, 15) is 9.18 Å². The molecular weight excluding hydrogens is 205 g/mol. The molecule has 2 nitrogen and oxygen atoms in total. The predicted molar refractivity (Wildman–Crippen MR) is 62.6 cm³/mol. The first-order chi connectivity index (χ1) is 7.63. The number of hydrogen-bond donors (Lipinski definition) is 1. The second-order valence-electron chi connectivity index (χ2n) is 4.10. The predicted octanol–water partition coefficient (Wildman–Crippen LogP) is 2.31. The highest BCUT2D eigenvalue weighted by atomic mass is 19.1. The van der Waals surface area contributed by atoms with Crippen LogP contribution in [0.4, 0.5) is 4.39 Å². The fourth-order valence-electron chi connectivity index (χ4n) is 1.61. The molecule has 0 heterocycles. The van der Waals surface area contributed by atoms with Crippen molar-refractivity contribution in [2.75, 3.05) is 6.54 Å². The van der Waals surface area contributed by atoms with E-state index in [-0.39, 0.29) is 17.5 Å². The molecule has 88 valence electrons. The molecule has 0 aromatic heterocycles. The number of Topliss-reactive ketones (excluding diaryl/α,β-unsaturated/α-hetero) is 1. The summed E-state index contributed by atoms with van der Waals surface area (Å²) in [5.41, 5.74) is 6.13. The van der Waals surface area contributed by atoms with Gasteiger partial charge in [-0.05, 0) is 37.1 Å². The Morgan fingerprint density at radius 1 is 1.50 bits per heavy atom. The van der Waals surface area contributed by atoms with Gasteiger partial charge >= 0.3 is 0 Å². The van der Waals surface area contributed by atoms with Crippen LogP contribution in [0.1, 0.15) is 25.3 Å². The Bertz CT molecular complexity index is 352. The highest BCUT2D eigenvalue weighted by Gasteiger charge is 2.12. The SMILES string of the molecule is CC(CCCN)C(=O)Cc1cccc(F)c1. The standard InChI is InChI=1S/C13H18FNO/c1-10(4-3-7-15)13(16)9-11-5-2-6-12(14)8-11/h2,5-6,8,10H,3-4,7,9,15H2,1H3. The first-order valence-corrected chi connectivity index (χ1v) is 5.60. The molecule has 0 spiro atoms. The maximum atomic E-state index is 12.9. The van der Waals surface area contributed by atoms with Crippen LogP contribution in [-0.2, 0) is 11.2 Å². The van der Waals surface area contributed by atoms with E-state index in [4.69, 9.17) is 5.73 Å². The van der Waals surface area contributed by atoms with E-state index < -0.39 is 0 Å². The number of rotatable bonds is 6. The summed E-state index contributed by atoms with van der Waals surface area (Å²) < 4.78 is 12.9. The van der Waals surface area contributed by atoms with Crippen molar-refractivity contribution in [2.24, 2.45) is 11.7 Å². The second-order valence-corrected chi connectivity index (χ2v) is 4.10. The third-order valence-electron chi connectivity index (χ3n) is 2.66. The van der Waals surface area contributed by atoms with Crippen LogP contribution >= 0.6 is 0 Å². The first kappa shape index (κ1) is 12.8. The van der Waals surface area contributed by atoms with Gasteiger partial charge in [0.1, 0.15) is 11.6 Å². The van der Waals surface area contributed by atoms with Gasteiger partial charge in [-0.3, -0.25) is 4.79 Å². The highest BCUT2D eigenvalue weighted by Crippen LogP contribution is 2.11. The van der Waals surface area contributed by atoms with Crippen LogP contribution in [-0.4, -0.2) is 12.3 Å². The van der Waals surface area contributed by atoms with Gasteiger partial charge in [-0.15, -0.1) is 0 Å². The highest BCUT2D eigenvalue weighted by molar-refractivity contribution is 5.82. The van der Waals surface area contributed by atoms with Crippen LogP contribution in [0.3, 0.4) is 0 Å². The van der Waals surface area contributed by atoms with E-state index >= 15 is 0 Å². The molecule has 1 aromatic rings. The Kier molecular flexibility index (Phi) is 5.12. The van der Waals surface area contributed by atoms with Crippen LogP contribution in [0, 0.1) is 11.7 Å². The summed E-state index contributed by atoms with van der Waals surface area (Å²) in [5.74, 6) is -0.134. The molecule has 0 fully saturated rings. The third-order valence-corrected chi connectivity index (χ3v) is 2.66. The van der Waals surface area contributed by atoms with Crippen LogP contribution in [0.2, 0.25) is 0 Å². The molecule has 3 heteroatoms. The fraction of sp³-hybridized carbons (Fsp3) is 0.462. The molecule has 0 saturated heterocycles. The number of hydrogen-bond acceptors (Lipinski definition) is 2. The van der Waals surface area contributed by atoms with Gasteiger partial charge in [0.15, 0.2) is 0 Å². The van der Waals surface area contributed by atoms with Crippen molar-refractivity contribution >= 4 is 5.78 Å². The Morgan fingerprint density at radius 2 is 2.25 bits per heavy atom. The van der Waals surface area contributed by atoms with Gasteiger partial charge < -0.3 is 5.73 Å². The van der Waals surface area contributed by atoms with E-state index in [0.29, 0.717) is 13.0 Å². The first-order valence-electron chi connectivity index (χ1n) is 5.60. The lowest BCUT2D eigenvalue weighted by molar-refractivity contribution is -0.121. The minimum atomic E-state index is -0.292. The Labute approximate surface area is 95.7 Å². The molecule has 0 radical (unpaired) electrons. The summed E-state index contributed by atoms with van der Waals surface area (Å²) in [4.78, 5) is 11.8. The molecule has 1 aromatic carbocycles. The Hall–Kier alpha value is -1.22. The lowest BCUT2D eigenvalue weighted by Crippen LogP contribution is -2.15. The molecule has 0 aliphatic carbocycles. The fourth-order valence-corrected chi connectivity index (χ4v) is 1.61. The van der Waals surface area contributed by atoms with Gasteiger partial charge in [-0.2, -0.15) is 0 Å². The van der Waals surface area contributed by atoms with E-state index in [1.165, 1.54) is 12.1 Å². The van der Waals surface area contributed by atoms with Crippen LogP contribution in [0.5, 0.6) is 0 Å². The minimum absolute atomic E-state index is 0.00631. The Morgan fingerprint density at radius 3 is 2.88 bits per heavy atom. The third kappa shape index (κ3) is 4.11. The van der Waals surface area contributed by atoms with E-state index in [0.717, 1.165) is 18.4 Å². The largest absolute Gasteiger partial charge is 0.330 e. The van der Waals surface area contributed by atoms with Crippen molar-refractivity contribution in [3.05, 3.63) is 35.6 Å². The maximum absolute atomic E-state index is 12.9. The lowest BCUT2D eigenvalue weighted by atomic mass is 9.95. The number of benzene rings is 1. The van der Waals surface area contributed by atoms with Gasteiger partial charge in [0, 0.05) is 12.3 Å². The van der Waals surface area contributed by atoms with Gasteiger partial charge in [-0.25, -0.2) is 4.39 Å². The summed E-state index contributed by atoms with van der Waals surface area (Å²) >= 11 is 0. The van der Waals surface area contributed by atoms with Crippen molar-refractivity contribution < 1.29 is 9.18 Å². The molecule has 0 aliphatic rings. The summed E-state index contributed by atoms with van der Waals surface area (Å²) in [7, 11) is 0. The molecule has 1 unspecified atom stereocenters. The van der Waals surface area contributed by atoms with Crippen molar-refractivity contribution in [3.63, 3.8) is 0 Å². The van der Waals surface area contributed by atoms with Gasteiger partial charge in [0.2, 0.25) is 0 Å². The number of ketones is 1. The Balaban J connectivity index is 2.50. The molecule has 0 bridgehead atoms. The van der Waals surface area contributed by atoms with Crippen molar-refractivity contribution in [1.29, 1.82) is 0 Å². The van der Waals surface area contributed by atoms with E-state index in [1.807, 2.05) is 6.92 Å². The summed E-state index contributed by atoms with van der Waals surface area (Å²) in [6, 6.07) is 6.19. The molecule has 16 heavy (non-hydrogen) atoms. The molecule has 0 aliphatic heterocycles. The van der Waals surface area contributed by atoms with Crippen molar-refractivity contribution in [2.45, 2.75) is 26.2 Å². The zero-order valence-electron chi connectivity index (χ0n) is 9.58. The average molecular weight is 223 g/mol. The number of halogens is 1. The van der Waals surface area contributed by atoms with Gasteiger partial charge in [0.25, 0.3) is 0 Å². The average Bonchev–Trinajstić information content (AvgIpc) is 2.25. The second kappa shape index (κ2) is 6.38. The summed E-state index contributed by atoms with van der Waals surface area (Å²) in [6.45, 7) is 2.51. The van der Waals surface area contributed by atoms with Crippen molar-refractivity contribution in [1.82, 2.24) is 0 Å². The smallest absolute Gasteiger partial charge is 0.140 e. The van der Waals surface area contributed by atoms with E-state index in [1.54, 1.807) is 12.1 Å². The monoisotopic (exact) mass is 223 g/mol. The van der Waals surface area contributed by atoms with Crippen LogP contribution < -0.4 is 5.73 Å². The molecular formula is C13H18FNO.